The van der Waals surface area contributed by atoms with Crippen molar-refractivity contribution in [1.82, 2.24) is 0 Å². The molecule has 1 aromatic carbocycles. The van der Waals surface area contributed by atoms with Crippen LogP contribution in [0.5, 0.6) is 0 Å². The van der Waals surface area contributed by atoms with Gasteiger partial charge in [-0.3, -0.25) is 10.1 Å². The first-order valence-corrected chi connectivity index (χ1v) is 6.46. The monoisotopic (exact) mass is 285 g/mol. The van der Waals surface area contributed by atoms with Crippen molar-refractivity contribution in [3.8, 4) is 0 Å². The summed E-state index contributed by atoms with van der Waals surface area (Å²) >= 11 is 0. The molecule has 2 aromatic rings. The topological polar surface area (TPSA) is 62.6 Å². The SMILES string of the molecule is Cc1ccc([N+](=O)[O-])c[n+]1N=Cc1ccc(N(C)C)cc1. The standard InChI is InChI=1S/C15H17N4O2/c1-12-4-7-15(19(20)21)11-18(12)16-10-13-5-8-14(9-6-13)17(2)3/h4-11H,1-3H3/q+1. The summed E-state index contributed by atoms with van der Waals surface area (Å²) in [5, 5.41) is 15.0. The van der Waals surface area contributed by atoms with Gasteiger partial charge in [-0.1, -0.05) is 12.1 Å². The first kappa shape index (κ1) is 14.6. The van der Waals surface area contributed by atoms with Gasteiger partial charge in [-0.2, -0.15) is 0 Å². The van der Waals surface area contributed by atoms with E-state index in [4.69, 9.17) is 0 Å². The average molecular weight is 285 g/mol. The van der Waals surface area contributed by atoms with Crippen LogP contribution in [0.15, 0.2) is 47.7 Å². The molecule has 0 radical (unpaired) electrons. The summed E-state index contributed by atoms with van der Waals surface area (Å²) < 4.78 is 1.50. The number of nitro groups is 1. The van der Waals surface area contributed by atoms with Crippen molar-refractivity contribution in [3.05, 3.63) is 64.0 Å². The van der Waals surface area contributed by atoms with Gasteiger partial charge in [-0.05, 0) is 27.5 Å². The van der Waals surface area contributed by atoms with Gasteiger partial charge in [0.05, 0.1) is 4.92 Å². The summed E-state index contributed by atoms with van der Waals surface area (Å²) in [6.45, 7) is 1.84. The van der Waals surface area contributed by atoms with Crippen molar-refractivity contribution in [2.75, 3.05) is 19.0 Å². The molecule has 6 nitrogen and oxygen atoms in total. The molecule has 0 unspecified atom stereocenters. The second kappa shape index (κ2) is 6.13. The second-order valence-electron chi connectivity index (χ2n) is 4.86. The first-order valence-electron chi connectivity index (χ1n) is 6.46. The van der Waals surface area contributed by atoms with Crippen LogP contribution in [0.3, 0.4) is 0 Å². The molecule has 0 fully saturated rings. The van der Waals surface area contributed by atoms with Gasteiger partial charge >= 0.3 is 5.69 Å². The summed E-state index contributed by atoms with van der Waals surface area (Å²) in [5.74, 6) is 0. The summed E-state index contributed by atoms with van der Waals surface area (Å²) in [4.78, 5) is 12.4. The quantitative estimate of drug-likeness (QED) is 0.374. The molecule has 0 amide bonds. The van der Waals surface area contributed by atoms with Crippen LogP contribution in [0.25, 0.3) is 0 Å². The van der Waals surface area contributed by atoms with Crippen LogP contribution in [0.4, 0.5) is 11.4 Å². The largest absolute Gasteiger partial charge is 0.378 e. The zero-order chi connectivity index (χ0) is 15.4. The number of aryl methyl sites for hydroxylation is 1. The Morgan fingerprint density at radius 2 is 1.86 bits per heavy atom. The summed E-state index contributed by atoms with van der Waals surface area (Å²) in [7, 11) is 3.96. The highest BCUT2D eigenvalue weighted by atomic mass is 16.6. The number of hydrogen-bond acceptors (Lipinski definition) is 4. The third-order valence-corrected chi connectivity index (χ3v) is 3.06. The zero-order valence-electron chi connectivity index (χ0n) is 12.2. The molecule has 0 aliphatic rings. The highest BCUT2D eigenvalue weighted by molar-refractivity contribution is 5.79. The Morgan fingerprint density at radius 3 is 2.43 bits per heavy atom. The van der Waals surface area contributed by atoms with Gasteiger partial charge in [-0.15, -0.1) is 0 Å². The van der Waals surface area contributed by atoms with Crippen molar-refractivity contribution in [2.45, 2.75) is 6.92 Å². The van der Waals surface area contributed by atoms with Crippen LogP contribution >= 0.6 is 0 Å². The molecule has 0 aliphatic carbocycles. The van der Waals surface area contributed by atoms with Gasteiger partial charge in [-0.25, -0.2) is 0 Å². The molecule has 0 bridgehead atoms. The second-order valence-corrected chi connectivity index (χ2v) is 4.86. The average Bonchev–Trinajstić information content (AvgIpc) is 2.46. The minimum absolute atomic E-state index is 0.0145. The van der Waals surface area contributed by atoms with Crippen molar-refractivity contribution in [3.63, 3.8) is 0 Å². The molecular weight excluding hydrogens is 268 g/mol. The van der Waals surface area contributed by atoms with E-state index in [0.717, 1.165) is 16.9 Å². The van der Waals surface area contributed by atoms with Gasteiger partial charge in [0, 0.05) is 38.8 Å². The fourth-order valence-electron chi connectivity index (χ4n) is 1.77. The molecule has 2 rings (SSSR count). The molecule has 108 valence electrons. The normalized spacial score (nSPS) is 10.8. The van der Waals surface area contributed by atoms with E-state index in [1.165, 1.54) is 16.9 Å². The van der Waals surface area contributed by atoms with Gasteiger partial charge in [0.2, 0.25) is 5.69 Å². The van der Waals surface area contributed by atoms with Crippen LogP contribution in [-0.2, 0) is 0 Å². The van der Waals surface area contributed by atoms with E-state index in [-0.39, 0.29) is 5.69 Å². The molecule has 0 aliphatic heterocycles. The van der Waals surface area contributed by atoms with E-state index < -0.39 is 4.92 Å². The maximum absolute atomic E-state index is 10.8. The van der Waals surface area contributed by atoms with Gasteiger partial charge in [0.25, 0.3) is 6.20 Å². The van der Waals surface area contributed by atoms with Crippen LogP contribution in [0.2, 0.25) is 0 Å². The molecule has 0 saturated carbocycles. The van der Waals surface area contributed by atoms with Gasteiger partial charge < -0.3 is 4.90 Å². The number of benzene rings is 1. The van der Waals surface area contributed by atoms with Crippen molar-refractivity contribution < 1.29 is 9.60 Å². The van der Waals surface area contributed by atoms with E-state index >= 15 is 0 Å². The third kappa shape index (κ3) is 3.62. The zero-order valence-corrected chi connectivity index (χ0v) is 12.2. The van der Waals surface area contributed by atoms with Crippen molar-refractivity contribution in [2.24, 2.45) is 5.10 Å². The fraction of sp³-hybridized carbons (Fsp3) is 0.200. The summed E-state index contributed by atoms with van der Waals surface area (Å²) in [6, 6.07) is 11.0. The van der Waals surface area contributed by atoms with Crippen LogP contribution < -0.4 is 9.58 Å². The minimum Gasteiger partial charge on any atom is -0.378 e. The van der Waals surface area contributed by atoms with Crippen LogP contribution in [0.1, 0.15) is 11.3 Å². The highest BCUT2D eigenvalue weighted by Crippen LogP contribution is 2.11. The van der Waals surface area contributed by atoms with Gasteiger partial charge in [0.15, 0.2) is 0 Å². The number of aromatic nitrogens is 1. The fourth-order valence-corrected chi connectivity index (χ4v) is 1.77. The highest BCUT2D eigenvalue weighted by Gasteiger charge is 2.14. The number of pyridine rings is 1. The van der Waals surface area contributed by atoms with E-state index in [2.05, 4.69) is 5.10 Å². The lowest BCUT2D eigenvalue weighted by Crippen LogP contribution is -2.31. The molecule has 0 spiro atoms. The predicted molar refractivity (Wildman–Crippen MR) is 81.8 cm³/mol. The summed E-state index contributed by atoms with van der Waals surface area (Å²) in [5.41, 5.74) is 2.87. The van der Waals surface area contributed by atoms with Crippen molar-refractivity contribution >= 4 is 17.6 Å². The number of anilines is 1. The number of hydrogen-bond donors (Lipinski definition) is 0. The molecule has 0 atom stereocenters. The minimum atomic E-state index is -0.433. The molecule has 1 aromatic heterocycles. The molecule has 0 N–H and O–H groups in total. The lowest BCUT2D eigenvalue weighted by Gasteiger charge is -2.11. The Kier molecular flexibility index (Phi) is 4.27. The molecule has 6 heteroatoms. The van der Waals surface area contributed by atoms with Crippen LogP contribution in [0, 0.1) is 17.0 Å². The predicted octanol–water partition coefficient (Wildman–Crippen LogP) is 2.14. The Morgan fingerprint density at radius 1 is 1.19 bits per heavy atom. The number of nitrogens with zero attached hydrogens (tertiary/aromatic N) is 4. The van der Waals surface area contributed by atoms with Gasteiger partial charge in [0.1, 0.15) is 6.21 Å². The Balaban J connectivity index is 2.24. The molecule has 21 heavy (non-hydrogen) atoms. The maximum atomic E-state index is 10.8. The maximum Gasteiger partial charge on any atom is 0.335 e. The number of rotatable bonds is 4. The first-order chi connectivity index (χ1) is 9.97. The smallest absolute Gasteiger partial charge is 0.335 e. The Hall–Kier alpha value is -2.76. The summed E-state index contributed by atoms with van der Waals surface area (Å²) in [6.07, 6.45) is 3.08. The van der Waals surface area contributed by atoms with E-state index in [1.54, 1.807) is 12.3 Å². The lowest BCUT2D eigenvalue weighted by molar-refractivity contribution is -0.686. The van der Waals surface area contributed by atoms with E-state index in [0.29, 0.717) is 0 Å². The van der Waals surface area contributed by atoms with E-state index in [1.807, 2.05) is 50.2 Å². The lowest BCUT2D eigenvalue weighted by atomic mass is 10.2. The Bertz CT molecular complexity index is 679. The third-order valence-electron chi connectivity index (χ3n) is 3.06. The van der Waals surface area contributed by atoms with Crippen LogP contribution in [-0.4, -0.2) is 25.2 Å². The van der Waals surface area contributed by atoms with E-state index in [9.17, 15) is 10.1 Å². The molecule has 1 heterocycles. The molecule has 0 saturated heterocycles. The molecular formula is C15H17N4O2+. The Labute approximate surface area is 123 Å². The van der Waals surface area contributed by atoms with Crippen molar-refractivity contribution in [1.29, 1.82) is 0 Å².